The first-order valence-corrected chi connectivity index (χ1v) is 8.74. The molecule has 0 fully saturated rings. The second-order valence-electron chi connectivity index (χ2n) is 5.27. The smallest absolute Gasteiger partial charge is 0.125 e. The highest BCUT2D eigenvalue weighted by Gasteiger charge is 2.15. The molecule has 1 aromatic carbocycles. The van der Waals surface area contributed by atoms with Crippen LogP contribution < -0.4 is 9.47 Å². The summed E-state index contributed by atoms with van der Waals surface area (Å²) in [6.07, 6.45) is 1.08. The van der Waals surface area contributed by atoms with Gasteiger partial charge in [0.25, 0.3) is 0 Å². The van der Waals surface area contributed by atoms with Gasteiger partial charge in [-0.25, -0.2) is 0 Å². The van der Waals surface area contributed by atoms with Crippen LogP contribution in [0.2, 0.25) is 0 Å². The van der Waals surface area contributed by atoms with Gasteiger partial charge in [0.2, 0.25) is 0 Å². The van der Waals surface area contributed by atoms with Crippen molar-refractivity contribution in [3.05, 3.63) is 23.3 Å². The van der Waals surface area contributed by atoms with E-state index >= 15 is 0 Å². The molecule has 0 radical (unpaired) electrons. The number of alkyl halides is 1. The first kappa shape index (κ1) is 23.4. The lowest BCUT2D eigenvalue weighted by Gasteiger charge is -2.19. The summed E-state index contributed by atoms with van der Waals surface area (Å²) >= 11 is 5.19. The molecule has 0 heterocycles. The fraction of sp³-hybridized carbons (Fsp3) is 0.684. The molecular weight excluding hydrogens is 296 g/mol. The molecule has 1 rings (SSSR count). The molecular formula is C19H35ClO2. The summed E-state index contributed by atoms with van der Waals surface area (Å²) in [5, 5.41) is 0. The zero-order valence-corrected chi connectivity index (χ0v) is 16.7. The van der Waals surface area contributed by atoms with Crippen LogP contribution in [-0.4, -0.2) is 20.1 Å². The van der Waals surface area contributed by atoms with Gasteiger partial charge in [0.15, 0.2) is 0 Å². The normalized spacial score (nSPS) is 10.9. The van der Waals surface area contributed by atoms with E-state index in [1.807, 2.05) is 27.7 Å². The van der Waals surface area contributed by atoms with Crippen molar-refractivity contribution < 1.29 is 9.47 Å². The fourth-order valence-corrected chi connectivity index (χ4v) is 1.75. The molecule has 0 N–H and O–H groups in total. The highest BCUT2D eigenvalue weighted by atomic mass is 35.5. The van der Waals surface area contributed by atoms with E-state index in [1.54, 1.807) is 14.2 Å². The summed E-state index contributed by atoms with van der Waals surface area (Å²) in [6, 6.07) is 4.23. The van der Waals surface area contributed by atoms with Crippen LogP contribution in [0.4, 0.5) is 0 Å². The van der Waals surface area contributed by atoms with Crippen molar-refractivity contribution >= 4 is 11.6 Å². The molecule has 0 aromatic heterocycles. The molecule has 0 saturated carbocycles. The van der Waals surface area contributed by atoms with E-state index in [1.165, 1.54) is 5.56 Å². The van der Waals surface area contributed by atoms with E-state index in [0.717, 1.165) is 29.4 Å². The average Bonchev–Trinajstić information content (AvgIpc) is 2.56. The van der Waals surface area contributed by atoms with Gasteiger partial charge in [-0.3, -0.25) is 0 Å². The number of halogens is 1. The number of methoxy groups -OCH3 is 2. The van der Waals surface area contributed by atoms with Crippen LogP contribution in [0, 0.1) is 12.8 Å². The lowest BCUT2D eigenvalue weighted by Crippen LogP contribution is -2.04. The summed E-state index contributed by atoms with van der Waals surface area (Å²) in [5.74, 6) is 3.71. The largest absolute Gasteiger partial charge is 0.496 e. The Morgan fingerprint density at radius 1 is 1.00 bits per heavy atom. The van der Waals surface area contributed by atoms with Gasteiger partial charge in [-0.1, -0.05) is 41.5 Å². The van der Waals surface area contributed by atoms with Crippen LogP contribution in [0.1, 0.15) is 65.0 Å². The van der Waals surface area contributed by atoms with Gasteiger partial charge >= 0.3 is 0 Å². The monoisotopic (exact) mass is 330 g/mol. The van der Waals surface area contributed by atoms with E-state index in [2.05, 4.69) is 32.9 Å². The van der Waals surface area contributed by atoms with Gasteiger partial charge < -0.3 is 9.47 Å². The lowest BCUT2D eigenvalue weighted by molar-refractivity contribution is 0.386. The standard InChI is InChI=1S/C14H22O2.C3H7Cl.C2H6/c1-9(2)10(3)12-7-13(15-5)11(4)14(8-12)16-6;1-2-3-4;1-2/h7-10H,1-6H3;2-3H2,1H3;1-2H3/t10-;;/m1../s1. The third kappa shape index (κ3) is 7.93. The minimum absolute atomic E-state index is 0.503. The summed E-state index contributed by atoms with van der Waals surface area (Å²) in [4.78, 5) is 0. The molecule has 2 nitrogen and oxygen atoms in total. The Bertz CT molecular complexity index is 362. The molecule has 0 saturated heterocycles. The van der Waals surface area contributed by atoms with Crippen LogP contribution in [0.3, 0.4) is 0 Å². The van der Waals surface area contributed by atoms with E-state index in [4.69, 9.17) is 21.1 Å². The van der Waals surface area contributed by atoms with Crippen LogP contribution in [-0.2, 0) is 0 Å². The van der Waals surface area contributed by atoms with Crippen LogP contribution in [0.5, 0.6) is 11.5 Å². The third-order valence-electron chi connectivity index (χ3n) is 3.49. The van der Waals surface area contributed by atoms with Crippen molar-refractivity contribution in [1.82, 2.24) is 0 Å². The summed E-state index contributed by atoms with van der Waals surface area (Å²) in [5.41, 5.74) is 2.33. The van der Waals surface area contributed by atoms with Crippen LogP contribution in [0.15, 0.2) is 12.1 Å². The van der Waals surface area contributed by atoms with Crippen molar-refractivity contribution in [2.75, 3.05) is 20.1 Å². The Balaban J connectivity index is 0. The number of ether oxygens (including phenoxy) is 2. The Kier molecular flexibility index (Phi) is 14.6. The molecule has 0 aliphatic heterocycles. The van der Waals surface area contributed by atoms with E-state index < -0.39 is 0 Å². The molecule has 130 valence electrons. The van der Waals surface area contributed by atoms with Crippen molar-refractivity contribution in [2.24, 2.45) is 5.92 Å². The van der Waals surface area contributed by atoms with Crippen LogP contribution in [0.25, 0.3) is 0 Å². The second-order valence-corrected chi connectivity index (χ2v) is 5.65. The Morgan fingerprint density at radius 3 is 1.59 bits per heavy atom. The van der Waals surface area contributed by atoms with Gasteiger partial charge in [0.05, 0.1) is 14.2 Å². The molecule has 1 atom stereocenters. The van der Waals surface area contributed by atoms with Gasteiger partial charge in [0, 0.05) is 11.4 Å². The number of hydrogen-bond acceptors (Lipinski definition) is 2. The molecule has 1 aromatic rings. The summed E-state index contributed by atoms with van der Waals surface area (Å²) in [6.45, 7) is 14.7. The summed E-state index contributed by atoms with van der Waals surface area (Å²) < 4.78 is 10.8. The van der Waals surface area contributed by atoms with Gasteiger partial charge in [-0.2, -0.15) is 0 Å². The molecule has 0 aliphatic rings. The maximum atomic E-state index is 5.38. The lowest BCUT2D eigenvalue weighted by atomic mass is 9.89. The average molecular weight is 331 g/mol. The van der Waals surface area contributed by atoms with E-state index in [0.29, 0.717) is 11.8 Å². The SMILES string of the molecule is CC.CCCCl.COc1cc([C@H](C)C(C)C)cc(OC)c1C. The summed E-state index contributed by atoms with van der Waals surface area (Å²) in [7, 11) is 3.40. The predicted molar refractivity (Wildman–Crippen MR) is 99.9 cm³/mol. The number of rotatable bonds is 5. The van der Waals surface area contributed by atoms with Crippen LogP contribution >= 0.6 is 11.6 Å². The maximum absolute atomic E-state index is 5.38. The van der Waals surface area contributed by atoms with Crippen molar-refractivity contribution in [3.63, 3.8) is 0 Å². The van der Waals surface area contributed by atoms with E-state index in [9.17, 15) is 0 Å². The molecule has 0 amide bonds. The fourth-order valence-electron chi connectivity index (χ4n) is 1.75. The first-order valence-electron chi connectivity index (χ1n) is 8.21. The van der Waals surface area contributed by atoms with E-state index in [-0.39, 0.29) is 0 Å². The van der Waals surface area contributed by atoms with Gasteiger partial charge in [0.1, 0.15) is 11.5 Å². The number of hydrogen-bond donors (Lipinski definition) is 0. The zero-order chi connectivity index (χ0) is 17.7. The van der Waals surface area contributed by atoms with Gasteiger partial charge in [-0.15, -0.1) is 11.6 Å². The minimum Gasteiger partial charge on any atom is -0.496 e. The Hall–Kier alpha value is -0.890. The van der Waals surface area contributed by atoms with Gasteiger partial charge in [-0.05, 0) is 42.9 Å². The molecule has 0 spiro atoms. The molecule has 3 heteroatoms. The molecule has 22 heavy (non-hydrogen) atoms. The molecule has 0 bridgehead atoms. The quantitative estimate of drug-likeness (QED) is 0.579. The second kappa shape index (κ2) is 13.8. The minimum atomic E-state index is 0.503. The third-order valence-corrected chi connectivity index (χ3v) is 3.87. The van der Waals surface area contributed by atoms with Crippen molar-refractivity contribution in [1.29, 1.82) is 0 Å². The zero-order valence-electron chi connectivity index (χ0n) is 15.9. The highest BCUT2D eigenvalue weighted by Crippen LogP contribution is 2.34. The Labute approximate surface area is 143 Å². The topological polar surface area (TPSA) is 18.5 Å². The highest BCUT2D eigenvalue weighted by molar-refractivity contribution is 6.17. The number of benzene rings is 1. The maximum Gasteiger partial charge on any atom is 0.125 e. The Morgan fingerprint density at radius 2 is 1.36 bits per heavy atom. The van der Waals surface area contributed by atoms with Crippen molar-refractivity contribution in [3.8, 4) is 11.5 Å². The predicted octanol–water partition coefficient (Wildman–Crippen LogP) is 6.43. The molecule has 0 unspecified atom stereocenters. The molecule has 0 aliphatic carbocycles. The van der Waals surface area contributed by atoms with Crippen molar-refractivity contribution in [2.45, 2.75) is 60.8 Å². The first-order chi connectivity index (χ1) is 10.4.